The van der Waals surface area contributed by atoms with E-state index >= 15 is 0 Å². The Morgan fingerprint density at radius 1 is 1.15 bits per heavy atom. The lowest BCUT2D eigenvalue weighted by molar-refractivity contribution is 0.0996. The molecule has 2 aromatic carbocycles. The SMILES string of the molecule is NC(=O)c1cccc(N)c1OCc1ccc(F)c(F)c1. The summed E-state index contributed by atoms with van der Waals surface area (Å²) in [6.45, 7) is -0.0638. The van der Waals surface area contributed by atoms with E-state index in [1.54, 1.807) is 12.1 Å². The number of ether oxygens (including phenoxy) is 1. The molecule has 0 aromatic heterocycles. The average Bonchev–Trinajstić information content (AvgIpc) is 2.40. The maximum Gasteiger partial charge on any atom is 0.252 e. The first kappa shape index (κ1) is 13.8. The van der Waals surface area contributed by atoms with E-state index in [-0.39, 0.29) is 23.6 Å². The molecule has 0 aliphatic carbocycles. The van der Waals surface area contributed by atoms with E-state index < -0.39 is 17.5 Å². The van der Waals surface area contributed by atoms with Crippen molar-refractivity contribution >= 4 is 11.6 Å². The number of halogens is 2. The van der Waals surface area contributed by atoms with E-state index in [1.807, 2.05) is 0 Å². The van der Waals surface area contributed by atoms with Crippen molar-refractivity contribution in [2.24, 2.45) is 5.73 Å². The molecule has 1 amide bonds. The molecule has 0 heterocycles. The second-order valence-electron chi connectivity index (χ2n) is 4.13. The van der Waals surface area contributed by atoms with Gasteiger partial charge in [-0.15, -0.1) is 0 Å². The van der Waals surface area contributed by atoms with Crippen LogP contribution in [0.1, 0.15) is 15.9 Å². The average molecular weight is 278 g/mol. The van der Waals surface area contributed by atoms with Crippen LogP contribution < -0.4 is 16.2 Å². The van der Waals surface area contributed by atoms with Gasteiger partial charge in [-0.2, -0.15) is 0 Å². The van der Waals surface area contributed by atoms with Gasteiger partial charge in [0.2, 0.25) is 0 Å². The third-order valence-corrected chi connectivity index (χ3v) is 2.68. The van der Waals surface area contributed by atoms with Crippen molar-refractivity contribution < 1.29 is 18.3 Å². The predicted molar refractivity (Wildman–Crippen MR) is 70.1 cm³/mol. The van der Waals surface area contributed by atoms with E-state index in [2.05, 4.69) is 0 Å². The lowest BCUT2D eigenvalue weighted by Crippen LogP contribution is -2.14. The van der Waals surface area contributed by atoms with Crippen molar-refractivity contribution in [2.75, 3.05) is 5.73 Å². The van der Waals surface area contributed by atoms with Gasteiger partial charge >= 0.3 is 0 Å². The number of hydrogen-bond donors (Lipinski definition) is 2. The zero-order valence-corrected chi connectivity index (χ0v) is 10.4. The second kappa shape index (κ2) is 5.56. The zero-order valence-electron chi connectivity index (χ0n) is 10.4. The van der Waals surface area contributed by atoms with Crippen LogP contribution in [0.3, 0.4) is 0 Å². The molecule has 0 aliphatic rings. The topological polar surface area (TPSA) is 78.3 Å². The summed E-state index contributed by atoms with van der Waals surface area (Å²) in [7, 11) is 0. The van der Waals surface area contributed by atoms with E-state index in [0.717, 1.165) is 12.1 Å². The van der Waals surface area contributed by atoms with Crippen molar-refractivity contribution in [3.05, 3.63) is 59.2 Å². The molecule has 0 unspecified atom stereocenters. The number of primary amides is 1. The fourth-order valence-electron chi connectivity index (χ4n) is 1.69. The minimum Gasteiger partial charge on any atom is -0.486 e. The molecular weight excluding hydrogens is 266 g/mol. The Labute approximate surface area is 114 Å². The molecule has 0 saturated heterocycles. The van der Waals surface area contributed by atoms with Crippen molar-refractivity contribution in [3.63, 3.8) is 0 Å². The summed E-state index contributed by atoms with van der Waals surface area (Å²) < 4.78 is 31.3. The van der Waals surface area contributed by atoms with Crippen LogP contribution in [-0.4, -0.2) is 5.91 Å². The Hall–Kier alpha value is -2.63. The molecule has 0 spiro atoms. The Balaban J connectivity index is 2.22. The quantitative estimate of drug-likeness (QED) is 0.842. The van der Waals surface area contributed by atoms with Crippen LogP contribution in [0.4, 0.5) is 14.5 Å². The highest BCUT2D eigenvalue weighted by Gasteiger charge is 2.13. The third-order valence-electron chi connectivity index (χ3n) is 2.68. The van der Waals surface area contributed by atoms with Gasteiger partial charge in [-0.1, -0.05) is 12.1 Å². The molecule has 20 heavy (non-hydrogen) atoms. The number of amides is 1. The van der Waals surface area contributed by atoms with Gasteiger partial charge in [0.05, 0.1) is 11.3 Å². The molecule has 0 atom stereocenters. The van der Waals surface area contributed by atoms with Gasteiger partial charge in [-0.3, -0.25) is 4.79 Å². The molecule has 0 fully saturated rings. The number of nitrogen functional groups attached to an aromatic ring is 1. The Kier molecular flexibility index (Phi) is 3.84. The molecule has 0 radical (unpaired) electrons. The van der Waals surface area contributed by atoms with Gasteiger partial charge in [0.25, 0.3) is 5.91 Å². The molecular formula is C14H12F2N2O2. The van der Waals surface area contributed by atoms with E-state index in [9.17, 15) is 13.6 Å². The van der Waals surface area contributed by atoms with Gasteiger partial charge in [0.1, 0.15) is 6.61 Å². The van der Waals surface area contributed by atoms with Gasteiger partial charge in [-0.05, 0) is 29.8 Å². The van der Waals surface area contributed by atoms with Crippen LogP contribution in [-0.2, 0) is 6.61 Å². The van der Waals surface area contributed by atoms with E-state index in [0.29, 0.717) is 5.56 Å². The number of benzene rings is 2. The summed E-state index contributed by atoms with van der Waals surface area (Å²) >= 11 is 0. The largest absolute Gasteiger partial charge is 0.486 e. The van der Waals surface area contributed by atoms with Crippen LogP contribution >= 0.6 is 0 Å². The molecule has 0 bridgehead atoms. The number of carbonyl (C=O) groups is 1. The summed E-state index contributed by atoms with van der Waals surface area (Å²) in [4.78, 5) is 11.3. The Bertz CT molecular complexity index is 660. The first-order valence-electron chi connectivity index (χ1n) is 5.74. The number of rotatable bonds is 4. The van der Waals surface area contributed by atoms with Gasteiger partial charge in [0, 0.05) is 0 Å². The Morgan fingerprint density at radius 3 is 2.55 bits per heavy atom. The highest BCUT2D eigenvalue weighted by Crippen LogP contribution is 2.27. The fourth-order valence-corrected chi connectivity index (χ4v) is 1.69. The predicted octanol–water partition coefficient (Wildman–Crippen LogP) is 2.22. The highest BCUT2D eigenvalue weighted by molar-refractivity contribution is 5.97. The summed E-state index contributed by atoms with van der Waals surface area (Å²) in [6, 6.07) is 7.98. The third kappa shape index (κ3) is 2.85. The first-order chi connectivity index (χ1) is 9.49. The zero-order chi connectivity index (χ0) is 14.7. The van der Waals surface area contributed by atoms with Crippen molar-refractivity contribution in [2.45, 2.75) is 6.61 Å². The molecule has 4 N–H and O–H groups in total. The van der Waals surface area contributed by atoms with Crippen LogP contribution in [0, 0.1) is 11.6 Å². The molecule has 0 saturated carbocycles. The van der Waals surface area contributed by atoms with Crippen LogP contribution in [0.15, 0.2) is 36.4 Å². The maximum atomic E-state index is 13.1. The van der Waals surface area contributed by atoms with E-state index in [1.165, 1.54) is 12.1 Å². The van der Waals surface area contributed by atoms with Crippen molar-refractivity contribution in [1.82, 2.24) is 0 Å². The highest BCUT2D eigenvalue weighted by atomic mass is 19.2. The summed E-state index contributed by atoms with van der Waals surface area (Å²) in [5.41, 5.74) is 11.7. The Morgan fingerprint density at radius 2 is 1.90 bits per heavy atom. The molecule has 4 nitrogen and oxygen atoms in total. The lowest BCUT2D eigenvalue weighted by atomic mass is 10.1. The second-order valence-corrected chi connectivity index (χ2v) is 4.13. The van der Waals surface area contributed by atoms with Crippen LogP contribution in [0.2, 0.25) is 0 Å². The number of carbonyl (C=O) groups excluding carboxylic acids is 1. The minimum absolute atomic E-state index is 0.0638. The van der Waals surface area contributed by atoms with Gasteiger partial charge in [0.15, 0.2) is 17.4 Å². The van der Waals surface area contributed by atoms with Crippen molar-refractivity contribution in [1.29, 1.82) is 0 Å². The number of nitrogens with two attached hydrogens (primary N) is 2. The summed E-state index contributed by atoms with van der Waals surface area (Å²) in [6.07, 6.45) is 0. The molecule has 6 heteroatoms. The monoisotopic (exact) mass is 278 g/mol. The fraction of sp³-hybridized carbons (Fsp3) is 0.0714. The molecule has 0 aliphatic heterocycles. The number of para-hydroxylation sites is 1. The van der Waals surface area contributed by atoms with Crippen molar-refractivity contribution in [3.8, 4) is 5.75 Å². The van der Waals surface area contributed by atoms with Gasteiger partial charge in [-0.25, -0.2) is 8.78 Å². The summed E-state index contributed by atoms with van der Waals surface area (Å²) in [5.74, 6) is -2.46. The van der Waals surface area contributed by atoms with Crippen LogP contribution in [0.5, 0.6) is 5.75 Å². The van der Waals surface area contributed by atoms with Crippen LogP contribution in [0.25, 0.3) is 0 Å². The maximum absolute atomic E-state index is 13.1. The molecule has 104 valence electrons. The lowest BCUT2D eigenvalue weighted by Gasteiger charge is -2.12. The molecule has 2 rings (SSSR count). The van der Waals surface area contributed by atoms with Gasteiger partial charge < -0.3 is 16.2 Å². The smallest absolute Gasteiger partial charge is 0.252 e. The standard InChI is InChI=1S/C14H12F2N2O2/c15-10-5-4-8(6-11(10)16)7-20-13-9(14(18)19)2-1-3-12(13)17/h1-6H,7,17H2,(H2,18,19). The normalized spacial score (nSPS) is 10.3. The minimum atomic E-state index is -0.970. The molecule has 2 aromatic rings. The first-order valence-corrected chi connectivity index (χ1v) is 5.74. The number of hydrogen-bond acceptors (Lipinski definition) is 3. The van der Waals surface area contributed by atoms with E-state index in [4.69, 9.17) is 16.2 Å². The number of anilines is 1. The summed E-state index contributed by atoms with van der Waals surface area (Å²) in [5, 5.41) is 0.